The topological polar surface area (TPSA) is 83.6 Å². The lowest BCUT2D eigenvalue weighted by molar-refractivity contribution is 0.233. The summed E-state index contributed by atoms with van der Waals surface area (Å²) in [4.78, 5) is 11.3. The van der Waals surface area contributed by atoms with Crippen molar-refractivity contribution in [2.24, 2.45) is 0 Å². The molecule has 8 nitrogen and oxygen atoms in total. The van der Waals surface area contributed by atoms with Gasteiger partial charge in [0.1, 0.15) is 12.1 Å². The van der Waals surface area contributed by atoms with Crippen LogP contribution in [0.15, 0.2) is 47.2 Å². The Bertz CT molecular complexity index is 1040. The predicted octanol–water partition coefficient (Wildman–Crippen LogP) is 3.41. The monoisotopic (exact) mass is 514 g/mol. The van der Waals surface area contributed by atoms with Gasteiger partial charge in [-0.15, -0.1) is 0 Å². The molecule has 1 aliphatic rings. The third kappa shape index (κ3) is 6.77. The van der Waals surface area contributed by atoms with Crippen LogP contribution in [0.25, 0.3) is 10.9 Å². The highest BCUT2D eigenvalue weighted by Gasteiger charge is 2.13. The first-order chi connectivity index (χ1) is 16.2. The molecule has 3 aromatic rings. The molecule has 0 atom stereocenters. The standard InChI is InChI=1S/C24H31BrN6O2/c1-32-22-16-21-20(24(29-17-28-21)30-19-5-2-4-18(25)14-19)15-23(22)33-13-3-10-31-11-8-26-6-7-27-9-12-31/h2,4-5,14-17,26-27H,3,6-13H2,1H3,(H,28,29,30). The van der Waals surface area contributed by atoms with Crippen LogP contribution in [0, 0.1) is 0 Å². The van der Waals surface area contributed by atoms with Gasteiger partial charge in [-0.25, -0.2) is 9.97 Å². The molecule has 4 rings (SSSR count). The van der Waals surface area contributed by atoms with E-state index in [0.29, 0.717) is 18.1 Å². The summed E-state index contributed by atoms with van der Waals surface area (Å²) in [5.41, 5.74) is 1.74. The highest BCUT2D eigenvalue weighted by atomic mass is 79.9. The van der Waals surface area contributed by atoms with Crippen LogP contribution in [-0.2, 0) is 0 Å². The van der Waals surface area contributed by atoms with E-state index in [1.54, 1.807) is 13.4 Å². The number of anilines is 2. The lowest BCUT2D eigenvalue weighted by Crippen LogP contribution is -2.35. The highest BCUT2D eigenvalue weighted by molar-refractivity contribution is 9.10. The minimum Gasteiger partial charge on any atom is -0.493 e. The summed E-state index contributed by atoms with van der Waals surface area (Å²) >= 11 is 3.51. The zero-order chi connectivity index (χ0) is 22.9. The molecule has 33 heavy (non-hydrogen) atoms. The fraction of sp³-hybridized carbons (Fsp3) is 0.417. The summed E-state index contributed by atoms with van der Waals surface area (Å²) in [6.45, 7) is 7.83. The largest absolute Gasteiger partial charge is 0.493 e. The van der Waals surface area contributed by atoms with Crippen LogP contribution in [0.1, 0.15) is 6.42 Å². The van der Waals surface area contributed by atoms with Crippen LogP contribution >= 0.6 is 15.9 Å². The molecule has 1 aliphatic heterocycles. The van der Waals surface area contributed by atoms with Gasteiger partial charge in [0, 0.05) is 67.4 Å². The van der Waals surface area contributed by atoms with E-state index in [-0.39, 0.29) is 0 Å². The Kier molecular flexibility index (Phi) is 8.71. The van der Waals surface area contributed by atoms with Gasteiger partial charge in [-0.3, -0.25) is 0 Å². The van der Waals surface area contributed by atoms with Crippen molar-refractivity contribution in [2.75, 3.05) is 64.8 Å². The molecule has 1 saturated heterocycles. The van der Waals surface area contributed by atoms with Crippen molar-refractivity contribution in [3.8, 4) is 11.5 Å². The molecule has 0 radical (unpaired) electrons. The van der Waals surface area contributed by atoms with E-state index in [9.17, 15) is 0 Å². The van der Waals surface area contributed by atoms with E-state index in [4.69, 9.17) is 9.47 Å². The number of rotatable bonds is 8. The Morgan fingerprint density at radius 3 is 2.61 bits per heavy atom. The van der Waals surface area contributed by atoms with Gasteiger partial charge in [0.25, 0.3) is 0 Å². The van der Waals surface area contributed by atoms with Crippen molar-refractivity contribution < 1.29 is 9.47 Å². The molecular weight excluding hydrogens is 484 g/mol. The number of ether oxygens (including phenoxy) is 2. The van der Waals surface area contributed by atoms with Crippen molar-refractivity contribution in [3.05, 3.63) is 47.2 Å². The van der Waals surface area contributed by atoms with Gasteiger partial charge in [-0.2, -0.15) is 0 Å². The second-order valence-electron chi connectivity index (χ2n) is 7.92. The molecule has 2 heterocycles. The summed E-state index contributed by atoms with van der Waals surface area (Å²) in [5.74, 6) is 2.10. The Morgan fingerprint density at radius 2 is 1.85 bits per heavy atom. The predicted molar refractivity (Wildman–Crippen MR) is 136 cm³/mol. The van der Waals surface area contributed by atoms with E-state index >= 15 is 0 Å². The lowest BCUT2D eigenvalue weighted by Gasteiger charge is -2.21. The van der Waals surface area contributed by atoms with Crippen LogP contribution in [0.3, 0.4) is 0 Å². The first-order valence-corrected chi connectivity index (χ1v) is 12.1. The third-order valence-corrected chi connectivity index (χ3v) is 6.07. The van der Waals surface area contributed by atoms with Crippen molar-refractivity contribution >= 4 is 38.3 Å². The van der Waals surface area contributed by atoms with Crippen LogP contribution in [-0.4, -0.2) is 74.4 Å². The number of aromatic nitrogens is 2. The number of methoxy groups -OCH3 is 1. The molecule has 0 unspecified atom stereocenters. The number of hydrogen-bond acceptors (Lipinski definition) is 8. The maximum Gasteiger partial charge on any atom is 0.162 e. The van der Waals surface area contributed by atoms with Crippen LogP contribution in [0.4, 0.5) is 11.5 Å². The molecule has 1 fully saturated rings. The molecule has 2 aromatic carbocycles. The third-order valence-electron chi connectivity index (χ3n) is 5.57. The van der Waals surface area contributed by atoms with E-state index in [0.717, 1.165) is 79.1 Å². The minimum absolute atomic E-state index is 0.612. The summed E-state index contributed by atoms with van der Waals surface area (Å²) in [6.07, 6.45) is 2.49. The first-order valence-electron chi connectivity index (χ1n) is 11.3. The average molecular weight is 515 g/mol. The second-order valence-corrected chi connectivity index (χ2v) is 8.84. The van der Waals surface area contributed by atoms with Crippen molar-refractivity contribution in [2.45, 2.75) is 6.42 Å². The smallest absolute Gasteiger partial charge is 0.162 e. The fourth-order valence-corrected chi connectivity index (χ4v) is 4.24. The Morgan fingerprint density at radius 1 is 1.03 bits per heavy atom. The van der Waals surface area contributed by atoms with E-state index < -0.39 is 0 Å². The highest BCUT2D eigenvalue weighted by Crippen LogP contribution is 2.35. The lowest BCUT2D eigenvalue weighted by atomic mass is 10.2. The number of halogens is 1. The molecule has 176 valence electrons. The molecule has 0 bridgehead atoms. The minimum atomic E-state index is 0.612. The Labute approximate surface area is 203 Å². The van der Waals surface area contributed by atoms with Gasteiger partial charge in [0.15, 0.2) is 11.5 Å². The zero-order valence-corrected chi connectivity index (χ0v) is 20.5. The van der Waals surface area contributed by atoms with E-state index in [2.05, 4.69) is 46.7 Å². The van der Waals surface area contributed by atoms with Gasteiger partial charge >= 0.3 is 0 Å². The van der Waals surface area contributed by atoms with Crippen molar-refractivity contribution in [1.29, 1.82) is 0 Å². The molecule has 0 amide bonds. The van der Waals surface area contributed by atoms with Crippen LogP contribution in [0.5, 0.6) is 11.5 Å². The summed E-state index contributed by atoms with van der Waals surface area (Å²) in [6, 6.07) is 11.8. The number of fused-ring (bicyclic) bond motifs is 1. The number of hydrogen-bond donors (Lipinski definition) is 3. The fourth-order valence-electron chi connectivity index (χ4n) is 3.85. The quantitative estimate of drug-likeness (QED) is 0.394. The molecule has 0 spiro atoms. The average Bonchev–Trinajstić information content (AvgIpc) is 2.96. The Balaban J connectivity index is 1.44. The number of nitrogens with zero attached hydrogens (tertiary/aromatic N) is 3. The normalized spacial score (nSPS) is 15.5. The maximum absolute atomic E-state index is 6.16. The van der Waals surface area contributed by atoms with Gasteiger partial charge in [-0.1, -0.05) is 22.0 Å². The number of benzene rings is 2. The number of nitrogens with one attached hydrogen (secondary N) is 3. The Hall–Kier alpha value is -2.46. The molecule has 3 N–H and O–H groups in total. The SMILES string of the molecule is COc1cc2ncnc(Nc3cccc(Br)c3)c2cc1OCCCN1CCNCCNCC1. The molecule has 1 aromatic heterocycles. The van der Waals surface area contributed by atoms with E-state index in [1.165, 1.54) is 0 Å². The second kappa shape index (κ2) is 12.1. The molecule has 9 heteroatoms. The van der Waals surface area contributed by atoms with Crippen LogP contribution < -0.4 is 25.4 Å². The van der Waals surface area contributed by atoms with Gasteiger partial charge in [0.2, 0.25) is 0 Å². The first kappa shape index (κ1) is 23.7. The van der Waals surface area contributed by atoms with Gasteiger partial charge < -0.3 is 30.3 Å². The van der Waals surface area contributed by atoms with Gasteiger partial charge in [0.05, 0.1) is 19.2 Å². The van der Waals surface area contributed by atoms with Gasteiger partial charge in [-0.05, 0) is 30.7 Å². The molecule has 0 saturated carbocycles. The maximum atomic E-state index is 6.16. The summed E-state index contributed by atoms with van der Waals surface area (Å²) in [7, 11) is 1.65. The van der Waals surface area contributed by atoms with Crippen molar-refractivity contribution in [3.63, 3.8) is 0 Å². The molecular formula is C24H31BrN6O2. The summed E-state index contributed by atoms with van der Waals surface area (Å²) < 4.78 is 12.7. The van der Waals surface area contributed by atoms with E-state index in [1.807, 2.05) is 36.4 Å². The molecule has 0 aliphatic carbocycles. The summed E-state index contributed by atoms with van der Waals surface area (Å²) in [5, 5.41) is 11.2. The van der Waals surface area contributed by atoms with Crippen LogP contribution in [0.2, 0.25) is 0 Å². The zero-order valence-electron chi connectivity index (χ0n) is 18.9. The van der Waals surface area contributed by atoms with Crippen molar-refractivity contribution in [1.82, 2.24) is 25.5 Å².